The molecule has 10 heteroatoms. The predicted octanol–water partition coefficient (Wildman–Crippen LogP) is 0.463. The molecule has 0 radical (unpaired) electrons. The lowest BCUT2D eigenvalue weighted by atomic mass is 9.82. The van der Waals surface area contributed by atoms with Crippen LogP contribution in [0.2, 0.25) is 0 Å². The van der Waals surface area contributed by atoms with E-state index in [2.05, 4.69) is 0 Å². The zero-order chi connectivity index (χ0) is 17.7. The van der Waals surface area contributed by atoms with Crippen LogP contribution in [0.25, 0.3) is 0 Å². The molecule has 9 nitrogen and oxygen atoms in total. The molecule has 0 bridgehead atoms. The summed E-state index contributed by atoms with van der Waals surface area (Å²) in [6, 6.07) is -1.06. The molecule has 0 aromatic carbocycles. The van der Waals surface area contributed by atoms with E-state index >= 15 is 0 Å². The molecular formula is C14H20NO8P. The minimum atomic E-state index is -4.03. The molecule has 1 saturated carbocycles. The number of imide groups is 1. The smallest absolute Gasteiger partial charge is 0.349 e. The highest BCUT2D eigenvalue weighted by Gasteiger charge is 2.73. The SMILES string of the molecule is COC(=O)[C@@]1(P(=O)(OC)OC)CC[C@@H]2O[C@@H]2[C@H]1N1C(=O)CCC1=O. The van der Waals surface area contributed by atoms with E-state index in [1.165, 1.54) is 14.2 Å². The Bertz CT molecular complexity index is 612. The number of carbonyl (C=O) groups excluding carboxylic acids is 3. The standard InChI is InChI=1S/C14H20NO8P/c1-20-13(18)14(24(19,21-2)22-3)7-6-8-11(23-8)12(14)15-9(16)4-5-10(15)17/h8,11-12H,4-7H2,1-3H3/t8-,11-,12+,14+/m0/s1. The van der Waals surface area contributed by atoms with Crippen LogP contribution in [-0.4, -0.2) is 67.4 Å². The monoisotopic (exact) mass is 361 g/mol. The molecule has 3 rings (SSSR count). The van der Waals surface area contributed by atoms with Crippen molar-refractivity contribution in [1.29, 1.82) is 0 Å². The molecule has 1 aliphatic carbocycles. The Labute approximate surface area is 139 Å². The quantitative estimate of drug-likeness (QED) is 0.301. The van der Waals surface area contributed by atoms with Gasteiger partial charge in [0.15, 0.2) is 5.16 Å². The molecule has 0 aromatic heterocycles. The summed E-state index contributed by atoms with van der Waals surface area (Å²) in [7, 11) is -0.544. The van der Waals surface area contributed by atoms with Gasteiger partial charge in [-0.1, -0.05) is 0 Å². The topological polar surface area (TPSA) is 112 Å². The number of hydrogen-bond acceptors (Lipinski definition) is 8. The fourth-order valence-corrected chi connectivity index (χ4v) is 6.03. The summed E-state index contributed by atoms with van der Waals surface area (Å²) in [6.45, 7) is 0. The first-order valence-corrected chi connectivity index (χ1v) is 9.21. The van der Waals surface area contributed by atoms with Crippen molar-refractivity contribution in [2.75, 3.05) is 21.3 Å². The first kappa shape index (κ1) is 17.5. The van der Waals surface area contributed by atoms with Crippen LogP contribution >= 0.6 is 7.60 Å². The third-order valence-corrected chi connectivity index (χ3v) is 7.72. The van der Waals surface area contributed by atoms with Crippen LogP contribution in [0.3, 0.4) is 0 Å². The summed E-state index contributed by atoms with van der Waals surface area (Å²) in [5.74, 6) is -1.68. The van der Waals surface area contributed by atoms with E-state index in [0.29, 0.717) is 6.42 Å². The number of amides is 2. The maximum Gasteiger partial charge on any atom is 0.349 e. The van der Waals surface area contributed by atoms with Crippen LogP contribution in [-0.2, 0) is 37.5 Å². The number of epoxide rings is 1. The highest BCUT2D eigenvalue weighted by molar-refractivity contribution is 7.56. The Balaban J connectivity index is 2.17. The summed E-state index contributed by atoms with van der Waals surface area (Å²) >= 11 is 0. The normalized spacial score (nSPS) is 35.8. The van der Waals surface area contributed by atoms with E-state index in [0.717, 1.165) is 12.0 Å². The first-order chi connectivity index (χ1) is 11.4. The molecule has 4 atom stereocenters. The van der Waals surface area contributed by atoms with Crippen LogP contribution in [0.5, 0.6) is 0 Å². The van der Waals surface area contributed by atoms with E-state index < -0.39 is 42.7 Å². The zero-order valence-electron chi connectivity index (χ0n) is 13.7. The summed E-state index contributed by atoms with van der Waals surface area (Å²) in [5.41, 5.74) is 0. The maximum absolute atomic E-state index is 13.3. The van der Waals surface area contributed by atoms with Crippen LogP contribution < -0.4 is 0 Å². The lowest BCUT2D eigenvalue weighted by molar-refractivity contribution is -0.152. The number of rotatable bonds is 5. The Hall–Kier alpha value is -1.28. The number of likely N-dealkylation sites (tertiary alicyclic amines) is 1. The van der Waals surface area contributed by atoms with Crippen molar-refractivity contribution in [3.05, 3.63) is 0 Å². The highest BCUT2D eigenvalue weighted by Crippen LogP contribution is 2.67. The van der Waals surface area contributed by atoms with Crippen LogP contribution in [0, 0.1) is 0 Å². The highest BCUT2D eigenvalue weighted by atomic mass is 31.2. The summed E-state index contributed by atoms with van der Waals surface area (Å²) in [5, 5.41) is -1.79. The van der Waals surface area contributed by atoms with Crippen molar-refractivity contribution in [3.8, 4) is 0 Å². The molecule has 2 saturated heterocycles. The van der Waals surface area contributed by atoms with Crippen LogP contribution in [0.1, 0.15) is 25.7 Å². The third kappa shape index (κ3) is 2.19. The van der Waals surface area contributed by atoms with Crippen LogP contribution in [0.4, 0.5) is 0 Å². The Morgan fingerprint density at radius 3 is 2.29 bits per heavy atom. The number of hydrogen-bond donors (Lipinski definition) is 0. The Morgan fingerprint density at radius 1 is 1.21 bits per heavy atom. The van der Waals surface area contributed by atoms with Gasteiger partial charge in [0, 0.05) is 27.1 Å². The largest absolute Gasteiger partial charge is 0.468 e. The van der Waals surface area contributed by atoms with Crippen molar-refractivity contribution in [2.24, 2.45) is 0 Å². The van der Waals surface area contributed by atoms with Crippen molar-refractivity contribution in [2.45, 2.75) is 49.1 Å². The molecule has 2 heterocycles. The average molecular weight is 361 g/mol. The van der Waals surface area contributed by atoms with E-state index in [1.807, 2.05) is 0 Å². The zero-order valence-corrected chi connectivity index (χ0v) is 14.6. The summed E-state index contributed by atoms with van der Waals surface area (Å²) in [6.07, 6.45) is -0.147. The van der Waals surface area contributed by atoms with Crippen molar-refractivity contribution in [1.82, 2.24) is 4.90 Å². The minimum Gasteiger partial charge on any atom is -0.468 e. The second kappa shape index (κ2) is 5.91. The van der Waals surface area contributed by atoms with Gasteiger partial charge in [-0.2, -0.15) is 0 Å². The minimum absolute atomic E-state index is 0.0498. The van der Waals surface area contributed by atoms with Gasteiger partial charge in [-0.15, -0.1) is 0 Å². The number of nitrogens with zero attached hydrogens (tertiary/aromatic N) is 1. The van der Waals surface area contributed by atoms with Gasteiger partial charge in [-0.25, -0.2) is 0 Å². The first-order valence-electron chi connectivity index (χ1n) is 7.66. The molecule has 24 heavy (non-hydrogen) atoms. The second-order valence-corrected chi connectivity index (χ2v) is 8.58. The number of esters is 1. The lowest BCUT2D eigenvalue weighted by Gasteiger charge is -2.45. The molecule has 0 N–H and O–H groups in total. The fraction of sp³-hybridized carbons (Fsp3) is 0.786. The number of ether oxygens (including phenoxy) is 2. The summed E-state index contributed by atoms with van der Waals surface area (Å²) < 4.78 is 34.0. The lowest BCUT2D eigenvalue weighted by Crippen LogP contribution is -2.63. The maximum atomic E-state index is 13.3. The molecule has 0 aromatic rings. The molecule has 0 spiro atoms. The molecular weight excluding hydrogens is 341 g/mol. The van der Waals surface area contributed by atoms with E-state index in [9.17, 15) is 18.9 Å². The Morgan fingerprint density at radius 2 is 1.79 bits per heavy atom. The van der Waals surface area contributed by atoms with Gasteiger partial charge in [0.05, 0.1) is 19.3 Å². The second-order valence-electron chi connectivity index (χ2n) is 6.06. The third-order valence-electron chi connectivity index (χ3n) is 5.11. The van der Waals surface area contributed by atoms with Crippen molar-refractivity contribution < 1.29 is 37.5 Å². The molecule has 2 amide bonds. The van der Waals surface area contributed by atoms with E-state index in [4.69, 9.17) is 18.5 Å². The average Bonchev–Trinajstić information content (AvgIpc) is 3.31. The van der Waals surface area contributed by atoms with Crippen LogP contribution in [0.15, 0.2) is 0 Å². The predicted molar refractivity (Wildman–Crippen MR) is 79.1 cm³/mol. The van der Waals surface area contributed by atoms with Gasteiger partial charge in [0.2, 0.25) is 11.8 Å². The van der Waals surface area contributed by atoms with Gasteiger partial charge >= 0.3 is 13.6 Å². The summed E-state index contributed by atoms with van der Waals surface area (Å²) in [4.78, 5) is 38.3. The molecule has 2 aliphatic heterocycles. The molecule has 0 unspecified atom stereocenters. The van der Waals surface area contributed by atoms with Gasteiger partial charge in [0.25, 0.3) is 0 Å². The molecule has 3 aliphatic rings. The number of fused-ring (bicyclic) bond motifs is 1. The van der Waals surface area contributed by atoms with E-state index in [1.54, 1.807) is 0 Å². The van der Waals surface area contributed by atoms with Gasteiger partial charge < -0.3 is 18.5 Å². The van der Waals surface area contributed by atoms with Crippen molar-refractivity contribution >= 4 is 25.4 Å². The Kier molecular flexibility index (Phi) is 4.32. The van der Waals surface area contributed by atoms with Gasteiger partial charge in [-0.05, 0) is 12.8 Å². The number of methoxy groups -OCH3 is 1. The fourth-order valence-electron chi connectivity index (χ4n) is 3.92. The molecule has 3 fully saturated rings. The molecule has 134 valence electrons. The van der Waals surface area contributed by atoms with Gasteiger partial charge in [0.1, 0.15) is 6.10 Å². The van der Waals surface area contributed by atoms with E-state index in [-0.39, 0.29) is 25.4 Å². The number of carbonyl (C=O) groups is 3. The van der Waals surface area contributed by atoms with Crippen molar-refractivity contribution in [3.63, 3.8) is 0 Å². The van der Waals surface area contributed by atoms with Gasteiger partial charge in [-0.3, -0.25) is 23.8 Å².